The van der Waals surface area contributed by atoms with Crippen LogP contribution in [0.15, 0.2) is 18.2 Å². The maximum atomic E-state index is 11.3. The maximum Gasteiger partial charge on any atom is 0.0633 e. The number of halogens is 2. The molecule has 1 unspecified atom stereocenters. The first kappa shape index (κ1) is 11.0. The monoisotopic (exact) mass is 236 g/mol. The molecule has 13 heavy (non-hydrogen) atoms. The van der Waals surface area contributed by atoms with Gasteiger partial charge in [-0.05, 0) is 11.6 Å². The highest BCUT2D eigenvalue weighted by Crippen LogP contribution is 2.26. The predicted molar refractivity (Wildman–Crippen MR) is 58.8 cm³/mol. The molecule has 0 bridgehead atoms. The summed E-state index contributed by atoms with van der Waals surface area (Å²) in [4.78, 5) is 0. The minimum atomic E-state index is -0.840. The first-order chi connectivity index (χ1) is 6.15. The second-order valence-electron chi connectivity index (χ2n) is 2.59. The summed E-state index contributed by atoms with van der Waals surface area (Å²) in [6.45, 7) is 1.88. The second-order valence-corrected chi connectivity index (χ2v) is 5.12. The lowest BCUT2D eigenvalue weighted by molar-refractivity contribution is 0.683. The van der Waals surface area contributed by atoms with Crippen molar-refractivity contribution >= 4 is 34.0 Å². The molecule has 0 aliphatic heterocycles. The average Bonchev–Trinajstić information content (AvgIpc) is 2.13. The summed E-state index contributed by atoms with van der Waals surface area (Å²) in [5, 5.41) is 1.04. The van der Waals surface area contributed by atoms with E-state index in [4.69, 9.17) is 23.2 Å². The van der Waals surface area contributed by atoms with Crippen molar-refractivity contribution < 1.29 is 4.21 Å². The van der Waals surface area contributed by atoms with E-state index in [2.05, 4.69) is 0 Å². The van der Waals surface area contributed by atoms with Gasteiger partial charge < -0.3 is 0 Å². The van der Waals surface area contributed by atoms with Gasteiger partial charge in [0.2, 0.25) is 0 Å². The lowest BCUT2D eigenvalue weighted by Gasteiger charge is -2.03. The molecule has 0 aromatic heterocycles. The Hall–Kier alpha value is -0.0500. The van der Waals surface area contributed by atoms with E-state index in [0.717, 1.165) is 5.56 Å². The van der Waals surface area contributed by atoms with Crippen LogP contribution in [0.5, 0.6) is 0 Å². The summed E-state index contributed by atoms with van der Waals surface area (Å²) in [7, 11) is -0.840. The Morgan fingerprint density at radius 1 is 1.38 bits per heavy atom. The highest BCUT2D eigenvalue weighted by Gasteiger charge is 2.06. The largest absolute Gasteiger partial charge is 0.259 e. The Labute approximate surface area is 90.5 Å². The molecule has 0 saturated carbocycles. The van der Waals surface area contributed by atoms with Gasteiger partial charge in [-0.15, -0.1) is 0 Å². The molecule has 0 spiro atoms. The molecular weight excluding hydrogens is 227 g/mol. The molecule has 0 heterocycles. The van der Waals surface area contributed by atoms with Crippen LogP contribution in [0, 0.1) is 0 Å². The van der Waals surface area contributed by atoms with Crippen molar-refractivity contribution in [3.05, 3.63) is 33.8 Å². The molecule has 1 aromatic carbocycles. The maximum absolute atomic E-state index is 11.3. The van der Waals surface area contributed by atoms with Crippen molar-refractivity contribution in [1.29, 1.82) is 0 Å². The molecule has 0 fully saturated rings. The Morgan fingerprint density at radius 2 is 2.08 bits per heavy atom. The van der Waals surface area contributed by atoms with Crippen molar-refractivity contribution in [2.45, 2.75) is 12.7 Å². The van der Waals surface area contributed by atoms with E-state index in [1.165, 1.54) is 0 Å². The predicted octanol–water partition coefficient (Wildman–Crippen LogP) is 3.26. The lowest BCUT2D eigenvalue weighted by Crippen LogP contribution is -1.98. The third kappa shape index (κ3) is 2.97. The molecule has 1 rings (SSSR count). The van der Waals surface area contributed by atoms with Crippen LogP contribution < -0.4 is 0 Å². The van der Waals surface area contributed by atoms with Crippen molar-refractivity contribution in [3.63, 3.8) is 0 Å². The minimum Gasteiger partial charge on any atom is -0.259 e. The van der Waals surface area contributed by atoms with E-state index in [0.29, 0.717) is 21.6 Å². The lowest BCUT2D eigenvalue weighted by atomic mass is 10.2. The van der Waals surface area contributed by atoms with Crippen LogP contribution in [0.3, 0.4) is 0 Å². The summed E-state index contributed by atoms with van der Waals surface area (Å²) in [5.41, 5.74) is 0.856. The molecule has 1 atom stereocenters. The number of hydrogen-bond donors (Lipinski definition) is 0. The number of rotatable bonds is 3. The van der Waals surface area contributed by atoms with Crippen molar-refractivity contribution in [3.8, 4) is 0 Å². The third-order valence-electron chi connectivity index (χ3n) is 1.67. The van der Waals surface area contributed by atoms with Crippen LogP contribution >= 0.6 is 23.2 Å². The van der Waals surface area contributed by atoms with Gasteiger partial charge in [0.15, 0.2) is 0 Å². The van der Waals surface area contributed by atoms with E-state index < -0.39 is 10.8 Å². The van der Waals surface area contributed by atoms with Crippen molar-refractivity contribution in [1.82, 2.24) is 0 Å². The quantitative estimate of drug-likeness (QED) is 0.788. The van der Waals surface area contributed by atoms with Gasteiger partial charge in [-0.1, -0.05) is 42.3 Å². The topological polar surface area (TPSA) is 17.1 Å². The summed E-state index contributed by atoms with van der Waals surface area (Å²) in [5.74, 6) is 1.12. The van der Waals surface area contributed by atoms with Crippen LogP contribution in [-0.4, -0.2) is 9.96 Å². The Bertz CT molecular complexity index is 325. The smallest absolute Gasteiger partial charge is 0.0633 e. The zero-order valence-electron chi connectivity index (χ0n) is 7.22. The molecule has 0 radical (unpaired) electrons. The minimum absolute atomic E-state index is 0.482. The van der Waals surface area contributed by atoms with Gasteiger partial charge in [-0.25, -0.2) is 0 Å². The van der Waals surface area contributed by atoms with Crippen LogP contribution in [0.25, 0.3) is 0 Å². The first-order valence-electron chi connectivity index (χ1n) is 3.93. The highest BCUT2D eigenvalue weighted by atomic mass is 35.5. The van der Waals surface area contributed by atoms with Gasteiger partial charge >= 0.3 is 0 Å². The second kappa shape index (κ2) is 4.99. The van der Waals surface area contributed by atoms with E-state index >= 15 is 0 Å². The van der Waals surface area contributed by atoms with E-state index in [-0.39, 0.29) is 0 Å². The normalized spacial score (nSPS) is 12.8. The molecule has 72 valence electrons. The highest BCUT2D eigenvalue weighted by molar-refractivity contribution is 7.84. The van der Waals surface area contributed by atoms with E-state index in [1.54, 1.807) is 6.07 Å². The first-order valence-corrected chi connectivity index (χ1v) is 6.17. The third-order valence-corrected chi connectivity index (χ3v) is 3.81. The van der Waals surface area contributed by atoms with Gasteiger partial charge in [-0.2, -0.15) is 0 Å². The fourth-order valence-corrected chi connectivity index (χ4v) is 2.19. The van der Waals surface area contributed by atoms with E-state index in [1.807, 2.05) is 19.1 Å². The number of benzene rings is 1. The van der Waals surface area contributed by atoms with Crippen LogP contribution in [-0.2, 0) is 16.6 Å². The molecule has 0 aliphatic carbocycles. The molecule has 0 N–H and O–H groups in total. The van der Waals surface area contributed by atoms with Crippen LogP contribution in [0.1, 0.15) is 12.5 Å². The van der Waals surface area contributed by atoms with E-state index in [9.17, 15) is 4.21 Å². The molecule has 1 aromatic rings. The molecule has 0 saturated heterocycles. The molecule has 1 nitrogen and oxygen atoms in total. The van der Waals surface area contributed by atoms with Crippen molar-refractivity contribution in [2.75, 3.05) is 5.75 Å². The zero-order valence-corrected chi connectivity index (χ0v) is 9.55. The fourth-order valence-electron chi connectivity index (χ4n) is 0.935. The van der Waals surface area contributed by atoms with Crippen LogP contribution in [0.4, 0.5) is 0 Å². The molecule has 0 aliphatic rings. The standard InChI is InChI=1S/C9H10Cl2OS/c1-2-13(12)6-7-4-3-5-8(10)9(7)11/h3-5H,2,6H2,1H3. The van der Waals surface area contributed by atoms with Crippen molar-refractivity contribution in [2.24, 2.45) is 0 Å². The van der Waals surface area contributed by atoms with Gasteiger partial charge in [0.05, 0.1) is 15.8 Å². The number of hydrogen-bond acceptors (Lipinski definition) is 1. The summed E-state index contributed by atoms with van der Waals surface area (Å²) < 4.78 is 11.3. The van der Waals surface area contributed by atoms with Gasteiger partial charge in [-0.3, -0.25) is 4.21 Å². The van der Waals surface area contributed by atoms with Gasteiger partial charge in [0.25, 0.3) is 0 Å². The zero-order chi connectivity index (χ0) is 9.84. The van der Waals surface area contributed by atoms with Gasteiger partial charge in [0, 0.05) is 16.6 Å². The Balaban J connectivity index is 2.89. The summed E-state index contributed by atoms with van der Waals surface area (Å²) in [6.07, 6.45) is 0. The van der Waals surface area contributed by atoms with Gasteiger partial charge in [0.1, 0.15) is 0 Å². The molecular formula is C9H10Cl2OS. The fraction of sp³-hybridized carbons (Fsp3) is 0.333. The summed E-state index contributed by atoms with van der Waals surface area (Å²) >= 11 is 11.7. The summed E-state index contributed by atoms with van der Waals surface area (Å²) in [6, 6.07) is 5.39. The molecule has 0 amide bonds. The average molecular weight is 237 g/mol. The SMILES string of the molecule is CCS(=O)Cc1cccc(Cl)c1Cl. The Morgan fingerprint density at radius 3 is 2.69 bits per heavy atom. The van der Waals surface area contributed by atoms with Crippen LogP contribution in [0.2, 0.25) is 10.0 Å². The Kier molecular flexibility index (Phi) is 4.23. The molecule has 4 heteroatoms.